The standard InChI is InChI=1S/C13H13N3O3S.Na/c1-9-8-10(14)2-7-13(9)16-15-11-3-5-12(6-4-11)20(17,18)19;/h2-8H,14H2,1H3,(H,17,18,19);/q;+1/p-1. The first kappa shape index (κ1) is 17.8. The van der Waals surface area contributed by atoms with E-state index in [2.05, 4.69) is 10.2 Å². The van der Waals surface area contributed by atoms with Crippen LogP contribution in [0.1, 0.15) is 5.56 Å². The molecule has 0 unspecified atom stereocenters. The van der Waals surface area contributed by atoms with Crippen molar-refractivity contribution in [2.24, 2.45) is 10.2 Å². The molecule has 104 valence electrons. The van der Waals surface area contributed by atoms with Gasteiger partial charge in [0.2, 0.25) is 0 Å². The molecule has 2 aromatic rings. The van der Waals surface area contributed by atoms with Crippen LogP contribution in [-0.2, 0) is 10.1 Å². The normalized spacial score (nSPS) is 11.3. The molecule has 2 N–H and O–H groups in total. The molecule has 2 rings (SSSR count). The maximum atomic E-state index is 10.8. The maximum absolute atomic E-state index is 10.8. The van der Waals surface area contributed by atoms with E-state index in [0.717, 1.165) is 5.56 Å². The molecule has 0 aliphatic heterocycles. The fraction of sp³-hybridized carbons (Fsp3) is 0.0769. The number of hydrogen-bond acceptors (Lipinski definition) is 6. The summed E-state index contributed by atoms with van der Waals surface area (Å²) in [5.74, 6) is 0. The minimum absolute atomic E-state index is 0. The van der Waals surface area contributed by atoms with Crippen LogP contribution in [0.15, 0.2) is 57.6 Å². The van der Waals surface area contributed by atoms with Crippen LogP contribution in [0.25, 0.3) is 0 Å². The van der Waals surface area contributed by atoms with Gasteiger partial charge in [-0.05, 0) is 55.0 Å². The van der Waals surface area contributed by atoms with Gasteiger partial charge >= 0.3 is 29.6 Å². The van der Waals surface area contributed by atoms with Crippen molar-refractivity contribution in [2.75, 3.05) is 5.73 Å². The van der Waals surface area contributed by atoms with Crippen molar-refractivity contribution in [3.05, 3.63) is 48.0 Å². The number of aryl methyl sites for hydroxylation is 1. The topological polar surface area (TPSA) is 108 Å². The molecule has 2 aromatic carbocycles. The predicted octanol–water partition coefficient (Wildman–Crippen LogP) is -0.0993. The van der Waals surface area contributed by atoms with E-state index in [4.69, 9.17) is 5.73 Å². The van der Waals surface area contributed by atoms with Gasteiger partial charge in [0, 0.05) is 5.69 Å². The molecule has 0 aliphatic rings. The molecule has 0 radical (unpaired) electrons. The number of nitrogens with zero attached hydrogens (tertiary/aromatic N) is 2. The maximum Gasteiger partial charge on any atom is 1.00 e. The van der Waals surface area contributed by atoms with Gasteiger partial charge in [0.15, 0.2) is 0 Å². The van der Waals surface area contributed by atoms with E-state index in [9.17, 15) is 13.0 Å². The fourth-order valence-electron chi connectivity index (χ4n) is 1.58. The average molecular weight is 313 g/mol. The van der Waals surface area contributed by atoms with Gasteiger partial charge in [0.05, 0.1) is 16.3 Å². The molecule has 0 saturated heterocycles. The first-order valence-electron chi connectivity index (χ1n) is 5.70. The van der Waals surface area contributed by atoms with Crippen LogP contribution < -0.4 is 35.3 Å². The molecule has 0 amide bonds. The fourth-order valence-corrected chi connectivity index (χ4v) is 2.05. The van der Waals surface area contributed by atoms with Gasteiger partial charge < -0.3 is 10.3 Å². The predicted molar refractivity (Wildman–Crippen MR) is 74.2 cm³/mol. The zero-order chi connectivity index (χ0) is 14.8. The number of rotatable bonds is 3. The minimum Gasteiger partial charge on any atom is -0.744 e. The number of azo groups is 1. The van der Waals surface area contributed by atoms with Crippen LogP contribution in [0.3, 0.4) is 0 Å². The van der Waals surface area contributed by atoms with Gasteiger partial charge in [-0.15, -0.1) is 0 Å². The Kier molecular flexibility index (Phi) is 6.06. The smallest absolute Gasteiger partial charge is 0.744 e. The Morgan fingerprint density at radius 3 is 2.19 bits per heavy atom. The van der Waals surface area contributed by atoms with Crippen molar-refractivity contribution in [1.29, 1.82) is 0 Å². The van der Waals surface area contributed by atoms with Gasteiger partial charge in [0.25, 0.3) is 0 Å². The summed E-state index contributed by atoms with van der Waals surface area (Å²) in [5.41, 5.74) is 8.28. The van der Waals surface area contributed by atoms with Crippen LogP contribution >= 0.6 is 0 Å². The molecule has 0 heterocycles. The van der Waals surface area contributed by atoms with Gasteiger partial charge in [0.1, 0.15) is 10.1 Å². The van der Waals surface area contributed by atoms with E-state index >= 15 is 0 Å². The first-order chi connectivity index (χ1) is 9.36. The molecule has 0 spiro atoms. The van der Waals surface area contributed by atoms with Gasteiger partial charge in [-0.1, -0.05) is 0 Å². The summed E-state index contributed by atoms with van der Waals surface area (Å²) in [6.45, 7) is 1.86. The van der Waals surface area contributed by atoms with E-state index in [0.29, 0.717) is 17.1 Å². The molecule has 0 aliphatic carbocycles. The SMILES string of the molecule is Cc1cc(N)ccc1N=Nc1ccc(S(=O)(=O)[O-])cc1.[Na+]. The van der Waals surface area contributed by atoms with Gasteiger partial charge in [-0.25, -0.2) is 8.42 Å². The largest absolute Gasteiger partial charge is 1.00 e. The summed E-state index contributed by atoms with van der Waals surface area (Å²) in [5, 5.41) is 8.03. The molecular weight excluding hydrogens is 301 g/mol. The number of benzene rings is 2. The Balaban J connectivity index is 0.00000220. The van der Waals surface area contributed by atoms with E-state index < -0.39 is 10.1 Å². The second-order valence-corrected chi connectivity index (χ2v) is 5.57. The van der Waals surface area contributed by atoms with E-state index in [1.165, 1.54) is 24.3 Å². The first-order valence-corrected chi connectivity index (χ1v) is 7.11. The molecular formula is C13H12N3NaO3S. The molecule has 0 atom stereocenters. The third-order valence-electron chi connectivity index (χ3n) is 2.62. The number of nitrogens with two attached hydrogens (primary N) is 1. The molecule has 0 bridgehead atoms. The molecule has 0 aromatic heterocycles. The van der Waals surface area contributed by atoms with Crippen molar-refractivity contribution in [1.82, 2.24) is 0 Å². The molecule has 0 fully saturated rings. The van der Waals surface area contributed by atoms with Gasteiger partial charge in [-0.3, -0.25) is 0 Å². The molecule has 21 heavy (non-hydrogen) atoms. The summed E-state index contributed by atoms with van der Waals surface area (Å²) in [6, 6.07) is 10.5. The van der Waals surface area contributed by atoms with Crippen molar-refractivity contribution < 1.29 is 42.5 Å². The minimum atomic E-state index is -4.43. The van der Waals surface area contributed by atoms with Crippen LogP contribution in [0.5, 0.6) is 0 Å². The summed E-state index contributed by atoms with van der Waals surface area (Å²) in [6.07, 6.45) is 0. The van der Waals surface area contributed by atoms with Crippen LogP contribution in [0.2, 0.25) is 0 Å². The summed E-state index contributed by atoms with van der Waals surface area (Å²) in [7, 11) is -4.43. The van der Waals surface area contributed by atoms with E-state index in [1.807, 2.05) is 6.92 Å². The molecule has 6 nitrogen and oxygen atoms in total. The number of hydrogen-bond donors (Lipinski definition) is 1. The van der Waals surface area contributed by atoms with E-state index in [-0.39, 0.29) is 34.5 Å². The molecule has 8 heteroatoms. The summed E-state index contributed by atoms with van der Waals surface area (Å²) in [4.78, 5) is -0.292. The Morgan fingerprint density at radius 2 is 1.67 bits per heavy atom. The monoisotopic (exact) mass is 313 g/mol. The summed E-state index contributed by atoms with van der Waals surface area (Å²) >= 11 is 0. The zero-order valence-electron chi connectivity index (χ0n) is 11.6. The van der Waals surface area contributed by atoms with Crippen molar-refractivity contribution in [3.63, 3.8) is 0 Å². The Hall–Kier alpha value is -1.25. The van der Waals surface area contributed by atoms with E-state index in [1.54, 1.807) is 18.2 Å². The second kappa shape index (κ2) is 7.15. The molecule has 0 saturated carbocycles. The van der Waals surface area contributed by atoms with Gasteiger partial charge in [-0.2, -0.15) is 10.2 Å². The number of nitrogen functional groups attached to an aromatic ring is 1. The Bertz CT molecular complexity index is 759. The third kappa shape index (κ3) is 4.90. The third-order valence-corrected chi connectivity index (χ3v) is 3.47. The Morgan fingerprint density at radius 1 is 1.05 bits per heavy atom. The van der Waals surface area contributed by atoms with Crippen LogP contribution in [0, 0.1) is 6.92 Å². The zero-order valence-corrected chi connectivity index (χ0v) is 14.5. The van der Waals surface area contributed by atoms with Crippen LogP contribution in [0.4, 0.5) is 17.1 Å². The van der Waals surface area contributed by atoms with Crippen molar-refractivity contribution in [2.45, 2.75) is 11.8 Å². The summed E-state index contributed by atoms with van der Waals surface area (Å²) < 4.78 is 32.3. The quantitative estimate of drug-likeness (QED) is 0.369. The van der Waals surface area contributed by atoms with Crippen LogP contribution in [-0.4, -0.2) is 13.0 Å². The Labute approximate surface area is 145 Å². The van der Waals surface area contributed by atoms with Crippen molar-refractivity contribution >= 4 is 27.2 Å². The second-order valence-electron chi connectivity index (χ2n) is 4.19. The van der Waals surface area contributed by atoms with Crippen molar-refractivity contribution in [3.8, 4) is 0 Å². The number of anilines is 1. The average Bonchev–Trinajstić information content (AvgIpc) is 2.37.